The van der Waals surface area contributed by atoms with E-state index in [1.807, 2.05) is 26.1 Å². The molecule has 0 aromatic carbocycles. The van der Waals surface area contributed by atoms with Crippen molar-refractivity contribution in [3.63, 3.8) is 0 Å². The molecule has 186 valence electrons. The molecule has 11 heteroatoms. The predicted molar refractivity (Wildman–Crippen MR) is 137 cm³/mol. The molecule has 5 rings (SSSR count). The van der Waals surface area contributed by atoms with Gasteiger partial charge < -0.3 is 14.7 Å². The Morgan fingerprint density at radius 2 is 2.00 bits per heavy atom. The monoisotopic (exact) mass is 505 g/mol. The van der Waals surface area contributed by atoms with E-state index in [1.54, 1.807) is 18.3 Å². The molecular weight excluding hydrogens is 478 g/mol. The molecule has 5 heterocycles. The van der Waals surface area contributed by atoms with Crippen LogP contribution in [-0.4, -0.2) is 50.9 Å². The molecule has 0 saturated carbocycles. The average Bonchev–Trinajstić information content (AvgIpc) is 3.38. The van der Waals surface area contributed by atoms with Gasteiger partial charge in [-0.15, -0.1) is 0 Å². The number of hydrogen-bond acceptors (Lipinski definition) is 10. The van der Waals surface area contributed by atoms with E-state index in [-0.39, 0.29) is 11.1 Å². The Morgan fingerprint density at radius 1 is 1.19 bits per heavy atom. The van der Waals surface area contributed by atoms with Crippen LogP contribution < -0.4 is 15.5 Å². The van der Waals surface area contributed by atoms with Gasteiger partial charge >= 0.3 is 0 Å². The number of nitrogens with zero attached hydrogens (tertiary/aromatic N) is 5. The zero-order chi connectivity index (χ0) is 25.1. The van der Waals surface area contributed by atoms with Crippen LogP contribution in [0.15, 0.2) is 40.0 Å². The summed E-state index contributed by atoms with van der Waals surface area (Å²) in [5.41, 5.74) is 4.49. The first-order valence-corrected chi connectivity index (χ1v) is 12.7. The highest BCUT2D eigenvalue weighted by molar-refractivity contribution is 8.18. The van der Waals surface area contributed by atoms with Gasteiger partial charge in [-0.3, -0.25) is 19.9 Å². The number of amides is 2. The summed E-state index contributed by atoms with van der Waals surface area (Å²) in [6, 6.07) is 5.85. The van der Waals surface area contributed by atoms with Gasteiger partial charge in [0.1, 0.15) is 5.76 Å². The van der Waals surface area contributed by atoms with E-state index >= 15 is 0 Å². The second kappa shape index (κ2) is 10.6. The van der Waals surface area contributed by atoms with E-state index in [4.69, 9.17) is 4.52 Å². The maximum atomic E-state index is 11.8. The van der Waals surface area contributed by atoms with Crippen LogP contribution in [-0.2, 0) is 11.3 Å². The number of pyridine rings is 1. The summed E-state index contributed by atoms with van der Waals surface area (Å²) in [6.07, 6.45) is 7.22. The molecule has 36 heavy (non-hydrogen) atoms. The van der Waals surface area contributed by atoms with Crippen molar-refractivity contribution in [3.05, 3.63) is 58.2 Å². The Kier molecular flexibility index (Phi) is 7.10. The Labute approximate surface area is 213 Å². The molecule has 2 N–H and O–H groups in total. The molecule has 10 nitrogen and oxygen atoms in total. The van der Waals surface area contributed by atoms with Crippen LogP contribution in [0.1, 0.15) is 35.6 Å². The normalized spacial score (nSPS) is 17.7. The van der Waals surface area contributed by atoms with Crippen LogP contribution in [0.4, 0.5) is 10.7 Å². The molecule has 3 aromatic heterocycles. The maximum absolute atomic E-state index is 11.8. The summed E-state index contributed by atoms with van der Waals surface area (Å²) < 4.78 is 5.28. The molecule has 0 aliphatic carbocycles. The lowest BCUT2D eigenvalue weighted by Gasteiger charge is -2.32. The van der Waals surface area contributed by atoms with E-state index in [1.165, 1.54) is 5.56 Å². The Morgan fingerprint density at radius 3 is 2.72 bits per heavy atom. The minimum Gasteiger partial charge on any atom is -0.361 e. The first kappa shape index (κ1) is 24.1. The van der Waals surface area contributed by atoms with Crippen LogP contribution in [0.25, 0.3) is 17.3 Å². The fraction of sp³-hybridized carbons (Fsp3) is 0.360. The number of piperidine rings is 1. The lowest BCUT2D eigenvalue weighted by Crippen LogP contribution is -2.38. The van der Waals surface area contributed by atoms with Crippen LogP contribution in [0.5, 0.6) is 0 Å². The van der Waals surface area contributed by atoms with Crippen molar-refractivity contribution in [1.29, 1.82) is 0 Å². The fourth-order valence-electron chi connectivity index (χ4n) is 4.48. The highest BCUT2D eigenvalue weighted by Gasteiger charge is 2.26. The predicted octanol–water partition coefficient (Wildman–Crippen LogP) is 3.47. The molecule has 0 bridgehead atoms. The largest absolute Gasteiger partial charge is 0.361 e. The van der Waals surface area contributed by atoms with Crippen LogP contribution >= 0.6 is 11.8 Å². The second-order valence-electron chi connectivity index (χ2n) is 8.94. The molecule has 2 aliphatic heterocycles. The number of imide groups is 1. The lowest BCUT2D eigenvalue weighted by atomic mass is 9.97. The minimum absolute atomic E-state index is 0.349. The van der Waals surface area contributed by atoms with Gasteiger partial charge in [-0.05, 0) is 80.8 Å². The topological polar surface area (TPSA) is 126 Å². The van der Waals surface area contributed by atoms with Gasteiger partial charge in [0.15, 0.2) is 0 Å². The van der Waals surface area contributed by atoms with E-state index in [0.717, 1.165) is 73.5 Å². The Balaban J connectivity index is 1.12. The zero-order valence-electron chi connectivity index (χ0n) is 20.2. The smallest absolute Gasteiger partial charge is 0.290 e. The molecule has 2 fully saturated rings. The fourth-order valence-corrected chi connectivity index (χ4v) is 5.14. The number of thioether (sulfide) groups is 1. The van der Waals surface area contributed by atoms with Crippen LogP contribution in [0, 0.1) is 19.8 Å². The third-order valence-electron chi connectivity index (χ3n) is 6.36. The molecule has 2 aliphatic rings. The van der Waals surface area contributed by atoms with E-state index in [0.29, 0.717) is 22.5 Å². The summed E-state index contributed by atoms with van der Waals surface area (Å²) in [7, 11) is 0. The lowest BCUT2D eigenvalue weighted by molar-refractivity contribution is -0.115. The van der Waals surface area contributed by atoms with Gasteiger partial charge in [-0.25, -0.2) is 9.97 Å². The standard InChI is InChI=1S/C25H27N7O3S/c1-15-22(16(2)35-31-15)20-11-18(3-7-27-20)14-26-13-17-5-9-32(10-6-17)24-28-8-4-19(29-24)12-21-23(33)30-25(34)36-21/h3-4,7-8,11-12,17,26H,5-6,9-10,13-14H2,1-2H3,(H,30,33,34)/b21-12+. The first-order valence-electron chi connectivity index (χ1n) is 11.9. The van der Waals surface area contributed by atoms with Crippen molar-refractivity contribution in [3.8, 4) is 11.3 Å². The highest BCUT2D eigenvalue weighted by atomic mass is 32.2. The number of nitrogens with one attached hydrogen (secondary N) is 2. The van der Waals surface area contributed by atoms with Crippen molar-refractivity contribution in [2.45, 2.75) is 33.2 Å². The zero-order valence-corrected chi connectivity index (χ0v) is 21.0. The second-order valence-corrected chi connectivity index (χ2v) is 9.96. The van der Waals surface area contributed by atoms with Crippen molar-refractivity contribution >= 4 is 34.9 Å². The molecule has 0 atom stereocenters. The van der Waals surface area contributed by atoms with Crippen molar-refractivity contribution in [1.82, 2.24) is 30.7 Å². The molecule has 3 aromatic rings. The van der Waals surface area contributed by atoms with Crippen molar-refractivity contribution in [2.75, 3.05) is 24.5 Å². The summed E-state index contributed by atoms with van der Waals surface area (Å²) >= 11 is 0.887. The molecule has 2 amide bonds. The van der Waals surface area contributed by atoms with Crippen LogP contribution in [0.3, 0.4) is 0 Å². The Hall–Kier alpha value is -3.57. The average molecular weight is 506 g/mol. The molecular formula is C25H27N7O3S. The number of aryl methyl sites for hydroxylation is 2. The quantitative estimate of drug-likeness (QED) is 0.461. The highest BCUT2D eigenvalue weighted by Crippen LogP contribution is 2.27. The molecule has 2 saturated heterocycles. The van der Waals surface area contributed by atoms with Gasteiger partial charge in [0, 0.05) is 32.0 Å². The van der Waals surface area contributed by atoms with E-state index in [9.17, 15) is 9.59 Å². The number of aromatic nitrogens is 4. The number of carbonyl (C=O) groups is 2. The maximum Gasteiger partial charge on any atom is 0.290 e. The number of rotatable bonds is 7. The summed E-state index contributed by atoms with van der Waals surface area (Å²) in [5, 5.41) is 9.52. The van der Waals surface area contributed by atoms with Gasteiger partial charge in [-0.2, -0.15) is 0 Å². The number of carbonyl (C=O) groups excluding carboxylic acids is 2. The third-order valence-corrected chi connectivity index (χ3v) is 7.17. The molecule has 0 radical (unpaired) electrons. The SMILES string of the molecule is Cc1noc(C)c1-c1cc(CNCC2CCN(c3nccc(/C=C4/SC(=O)NC4=O)n3)CC2)ccn1. The number of hydrogen-bond donors (Lipinski definition) is 2. The molecule has 0 unspecified atom stereocenters. The van der Waals surface area contributed by atoms with Crippen LogP contribution in [0.2, 0.25) is 0 Å². The van der Waals surface area contributed by atoms with Gasteiger partial charge in [0.25, 0.3) is 11.1 Å². The molecule has 0 spiro atoms. The van der Waals surface area contributed by atoms with E-state index < -0.39 is 0 Å². The Bertz CT molecular complexity index is 1290. The minimum atomic E-state index is -0.384. The van der Waals surface area contributed by atoms with Crippen molar-refractivity contribution < 1.29 is 14.1 Å². The summed E-state index contributed by atoms with van der Waals surface area (Å²) in [5.74, 6) is 1.61. The summed E-state index contributed by atoms with van der Waals surface area (Å²) in [6.45, 7) is 7.27. The third kappa shape index (κ3) is 5.47. The van der Waals surface area contributed by atoms with Crippen molar-refractivity contribution in [2.24, 2.45) is 5.92 Å². The van der Waals surface area contributed by atoms with Gasteiger partial charge in [0.2, 0.25) is 5.95 Å². The van der Waals surface area contributed by atoms with Gasteiger partial charge in [-0.1, -0.05) is 5.16 Å². The number of anilines is 1. The summed E-state index contributed by atoms with van der Waals surface area (Å²) in [4.78, 5) is 39.2. The van der Waals surface area contributed by atoms with Gasteiger partial charge in [0.05, 0.1) is 27.6 Å². The van der Waals surface area contributed by atoms with E-state index in [2.05, 4.69) is 41.7 Å². The first-order chi connectivity index (χ1) is 17.5.